The highest BCUT2D eigenvalue weighted by molar-refractivity contribution is 4.96. The standard InChI is InChI=1S/C13H24N4/c1-4-13(2,10-14-3)11-16-7-8-17-6-5-15-12(17)9-16/h5-6,14H,4,7-11H2,1-3H3. The van der Waals surface area contributed by atoms with Crippen LogP contribution in [-0.2, 0) is 13.1 Å². The number of nitrogens with zero attached hydrogens (tertiary/aromatic N) is 3. The molecule has 0 saturated carbocycles. The highest BCUT2D eigenvalue weighted by Crippen LogP contribution is 2.23. The Bertz CT molecular complexity index is 360. The van der Waals surface area contributed by atoms with Gasteiger partial charge in [-0.05, 0) is 18.9 Å². The SMILES string of the molecule is CCC(C)(CNC)CN1CCn2ccnc2C1. The van der Waals surface area contributed by atoms with Crippen LogP contribution in [0.15, 0.2) is 12.4 Å². The van der Waals surface area contributed by atoms with Gasteiger partial charge in [0.25, 0.3) is 0 Å². The Morgan fingerprint density at radius 3 is 3.00 bits per heavy atom. The molecule has 1 aliphatic heterocycles. The van der Waals surface area contributed by atoms with Crippen molar-refractivity contribution in [1.82, 2.24) is 19.8 Å². The van der Waals surface area contributed by atoms with E-state index in [-0.39, 0.29) is 0 Å². The van der Waals surface area contributed by atoms with Crippen molar-refractivity contribution in [2.45, 2.75) is 33.4 Å². The van der Waals surface area contributed by atoms with E-state index in [1.54, 1.807) is 0 Å². The van der Waals surface area contributed by atoms with Crippen molar-refractivity contribution in [3.8, 4) is 0 Å². The molecule has 0 aliphatic carbocycles. The molecule has 1 unspecified atom stereocenters. The third-order valence-electron chi connectivity index (χ3n) is 3.89. The zero-order valence-corrected chi connectivity index (χ0v) is 11.2. The summed E-state index contributed by atoms with van der Waals surface area (Å²) in [5, 5.41) is 3.32. The Balaban J connectivity index is 1.97. The molecular formula is C13H24N4. The largest absolute Gasteiger partial charge is 0.333 e. The first-order valence-electron chi connectivity index (χ1n) is 6.54. The van der Waals surface area contributed by atoms with Gasteiger partial charge < -0.3 is 9.88 Å². The van der Waals surface area contributed by atoms with Crippen molar-refractivity contribution < 1.29 is 0 Å². The molecular weight excluding hydrogens is 212 g/mol. The van der Waals surface area contributed by atoms with E-state index in [0.29, 0.717) is 5.41 Å². The lowest BCUT2D eigenvalue weighted by Gasteiger charge is -2.36. The summed E-state index contributed by atoms with van der Waals surface area (Å²) >= 11 is 0. The third kappa shape index (κ3) is 2.87. The summed E-state index contributed by atoms with van der Waals surface area (Å²) in [4.78, 5) is 6.95. The molecule has 4 heteroatoms. The van der Waals surface area contributed by atoms with Crippen LogP contribution in [0, 0.1) is 5.41 Å². The predicted molar refractivity (Wildman–Crippen MR) is 69.8 cm³/mol. The van der Waals surface area contributed by atoms with E-state index in [4.69, 9.17) is 0 Å². The smallest absolute Gasteiger partial charge is 0.122 e. The second-order valence-corrected chi connectivity index (χ2v) is 5.44. The summed E-state index contributed by atoms with van der Waals surface area (Å²) in [6.07, 6.45) is 5.20. The van der Waals surface area contributed by atoms with Gasteiger partial charge in [0, 0.05) is 38.6 Å². The molecule has 1 aromatic rings. The summed E-state index contributed by atoms with van der Waals surface area (Å²) in [5.74, 6) is 1.21. The van der Waals surface area contributed by atoms with Crippen molar-refractivity contribution in [1.29, 1.82) is 0 Å². The lowest BCUT2D eigenvalue weighted by atomic mass is 9.86. The maximum atomic E-state index is 4.41. The second-order valence-electron chi connectivity index (χ2n) is 5.44. The van der Waals surface area contributed by atoms with Gasteiger partial charge in [0.1, 0.15) is 5.82 Å². The molecule has 96 valence electrons. The number of fused-ring (bicyclic) bond motifs is 1. The van der Waals surface area contributed by atoms with Gasteiger partial charge in [0.2, 0.25) is 0 Å². The molecule has 2 rings (SSSR count). The Morgan fingerprint density at radius 1 is 1.47 bits per heavy atom. The highest BCUT2D eigenvalue weighted by Gasteiger charge is 2.26. The molecule has 1 N–H and O–H groups in total. The van der Waals surface area contributed by atoms with Gasteiger partial charge in [-0.2, -0.15) is 0 Å². The van der Waals surface area contributed by atoms with Crippen LogP contribution < -0.4 is 5.32 Å². The average molecular weight is 236 g/mol. The van der Waals surface area contributed by atoms with Crippen LogP contribution in [0.5, 0.6) is 0 Å². The van der Waals surface area contributed by atoms with E-state index in [1.807, 2.05) is 13.2 Å². The number of hydrogen-bond donors (Lipinski definition) is 1. The van der Waals surface area contributed by atoms with Crippen LogP contribution in [0.3, 0.4) is 0 Å². The van der Waals surface area contributed by atoms with Gasteiger partial charge in [0.05, 0.1) is 6.54 Å². The molecule has 1 aliphatic rings. The Morgan fingerprint density at radius 2 is 2.29 bits per heavy atom. The van der Waals surface area contributed by atoms with Gasteiger partial charge in [-0.3, -0.25) is 4.90 Å². The van der Waals surface area contributed by atoms with E-state index in [2.05, 4.69) is 39.8 Å². The summed E-state index contributed by atoms with van der Waals surface area (Å²) < 4.78 is 2.26. The zero-order valence-electron chi connectivity index (χ0n) is 11.2. The molecule has 0 bridgehead atoms. The monoisotopic (exact) mass is 236 g/mol. The maximum absolute atomic E-state index is 4.41. The number of hydrogen-bond acceptors (Lipinski definition) is 3. The molecule has 0 aromatic carbocycles. The van der Waals surface area contributed by atoms with E-state index >= 15 is 0 Å². The van der Waals surface area contributed by atoms with Crippen LogP contribution in [0.1, 0.15) is 26.1 Å². The minimum Gasteiger partial charge on any atom is -0.333 e. The van der Waals surface area contributed by atoms with Gasteiger partial charge >= 0.3 is 0 Å². The minimum absolute atomic E-state index is 0.365. The molecule has 0 amide bonds. The van der Waals surface area contributed by atoms with Crippen LogP contribution in [0.2, 0.25) is 0 Å². The summed E-state index contributed by atoms with van der Waals surface area (Å²) in [6.45, 7) is 10.1. The van der Waals surface area contributed by atoms with Crippen molar-refractivity contribution in [3.05, 3.63) is 18.2 Å². The number of aromatic nitrogens is 2. The molecule has 0 fully saturated rings. The fourth-order valence-electron chi connectivity index (χ4n) is 2.62. The second kappa shape index (κ2) is 5.19. The van der Waals surface area contributed by atoms with Crippen molar-refractivity contribution in [2.75, 3.05) is 26.7 Å². The summed E-state index contributed by atoms with van der Waals surface area (Å²) in [6, 6.07) is 0. The van der Waals surface area contributed by atoms with Crippen LogP contribution in [0.4, 0.5) is 0 Å². The molecule has 1 aromatic heterocycles. The fourth-order valence-corrected chi connectivity index (χ4v) is 2.62. The topological polar surface area (TPSA) is 33.1 Å². The Hall–Kier alpha value is -0.870. The van der Waals surface area contributed by atoms with E-state index in [0.717, 1.165) is 32.7 Å². The van der Waals surface area contributed by atoms with Gasteiger partial charge in [0.15, 0.2) is 0 Å². The molecule has 0 radical (unpaired) electrons. The quantitative estimate of drug-likeness (QED) is 0.837. The van der Waals surface area contributed by atoms with E-state index in [1.165, 1.54) is 12.2 Å². The van der Waals surface area contributed by atoms with Gasteiger partial charge in [-0.25, -0.2) is 4.98 Å². The normalized spacial score (nSPS) is 19.9. The van der Waals surface area contributed by atoms with E-state index < -0.39 is 0 Å². The Kier molecular flexibility index (Phi) is 3.84. The number of imidazole rings is 1. The Labute approximate surface area is 104 Å². The molecule has 0 spiro atoms. The van der Waals surface area contributed by atoms with Crippen molar-refractivity contribution >= 4 is 0 Å². The van der Waals surface area contributed by atoms with Gasteiger partial charge in [-0.1, -0.05) is 13.8 Å². The molecule has 1 atom stereocenters. The summed E-state index contributed by atoms with van der Waals surface area (Å²) in [5.41, 5.74) is 0.365. The average Bonchev–Trinajstić information content (AvgIpc) is 2.76. The third-order valence-corrected chi connectivity index (χ3v) is 3.89. The molecule has 4 nitrogen and oxygen atoms in total. The van der Waals surface area contributed by atoms with Crippen LogP contribution in [0.25, 0.3) is 0 Å². The highest BCUT2D eigenvalue weighted by atomic mass is 15.2. The molecule has 17 heavy (non-hydrogen) atoms. The van der Waals surface area contributed by atoms with Crippen LogP contribution in [-0.4, -0.2) is 41.1 Å². The number of rotatable bonds is 5. The van der Waals surface area contributed by atoms with Crippen LogP contribution >= 0.6 is 0 Å². The lowest BCUT2D eigenvalue weighted by molar-refractivity contribution is 0.129. The fraction of sp³-hybridized carbons (Fsp3) is 0.769. The minimum atomic E-state index is 0.365. The van der Waals surface area contributed by atoms with Gasteiger partial charge in [-0.15, -0.1) is 0 Å². The number of nitrogens with one attached hydrogen (secondary N) is 1. The first kappa shape index (κ1) is 12.6. The predicted octanol–water partition coefficient (Wildman–Crippen LogP) is 1.33. The van der Waals surface area contributed by atoms with E-state index in [9.17, 15) is 0 Å². The summed E-state index contributed by atoms with van der Waals surface area (Å²) in [7, 11) is 2.04. The van der Waals surface area contributed by atoms with Crippen molar-refractivity contribution in [2.24, 2.45) is 5.41 Å². The zero-order chi connectivity index (χ0) is 12.3. The van der Waals surface area contributed by atoms with Crippen molar-refractivity contribution in [3.63, 3.8) is 0 Å². The molecule has 0 saturated heterocycles. The first-order chi connectivity index (χ1) is 8.17. The molecule has 2 heterocycles. The lowest BCUT2D eigenvalue weighted by Crippen LogP contribution is -2.44. The first-order valence-corrected chi connectivity index (χ1v) is 6.54. The maximum Gasteiger partial charge on any atom is 0.122 e.